The summed E-state index contributed by atoms with van der Waals surface area (Å²) in [5.41, 5.74) is 2.79. The summed E-state index contributed by atoms with van der Waals surface area (Å²) in [4.78, 5) is 15.3. The molecule has 1 atom stereocenters. The highest BCUT2D eigenvalue weighted by molar-refractivity contribution is 7.99. The summed E-state index contributed by atoms with van der Waals surface area (Å²) in [6.07, 6.45) is 1.67. The molecule has 5 rings (SSSR count). The van der Waals surface area contributed by atoms with Crippen LogP contribution < -0.4 is 9.64 Å². The van der Waals surface area contributed by atoms with Gasteiger partial charge < -0.3 is 4.74 Å². The summed E-state index contributed by atoms with van der Waals surface area (Å²) in [6.45, 7) is 0.414. The summed E-state index contributed by atoms with van der Waals surface area (Å²) in [6, 6.07) is 27.3. The molecule has 1 aliphatic heterocycles. The van der Waals surface area contributed by atoms with E-state index >= 15 is 0 Å². The zero-order valence-electron chi connectivity index (χ0n) is 16.7. The Morgan fingerprint density at radius 3 is 2.48 bits per heavy atom. The summed E-state index contributed by atoms with van der Waals surface area (Å²) in [5, 5.41) is 8.92. The third kappa shape index (κ3) is 3.92. The van der Waals surface area contributed by atoms with Gasteiger partial charge in [-0.15, -0.1) is 10.2 Å². The van der Waals surface area contributed by atoms with Crippen LogP contribution in [0.1, 0.15) is 11.6 Å². The van der Waals surface area contributed by atoms with Gasteiger partial charge in [0.1, 0.15) is 18.7 Å². The molecule has 0 saturated heterocycles. The van der Waals surface area contributed by atoms with Gasteiger partial charge in [-0.3, -0.25) is 14.3 Å². The van der Waals surface area contributed by atoms with Gasteiger partial charge in [-0.1, -0.05) is 72.4 Å². The first-order valence-corrected chi connectivity index (χ1v) is 11.0. The van der Waals surface area contributed by atoms with Gasteiger partial charge in [0.15, 0.2) is 5.16 Å². The van der Waals surface area contributed by atoms with E-state index in [0.717, 1.165) is 22.7 Å². The maximum absolute atomic E-state index is 13.5. The number of para-hydroxylation sites is 3. The standard InChI is InChI=1S/C24H20N4O2S/c29-23(16-31-24-26-25-17-27(24)19-11-5-2-6-12-19)28-20-13-7-8-14-22(20)30-15-21(28)18-9-3-1-4-10-18/h1-14,17,21H,15-16H2/t21-/m1/s1. The number of hydrogen-bond acceptors (Lipinski definition) is 5. The minimum atomic E-state index is -0.184. The molecule has 31 heavy (non-hydrogen) atoms. The van der Waals surface area contributed by atoms with Crippen molar-refractivity contribution in [3.63, 3.8) is 0 Å². The Bertz CT molecular complexity index is 1180. The third-order valence-corrected chi connectivity index (χ3v) is 6.09. The van der Waals surface area contributed by atoms with Gasteiger partial charge >= 0.3 is 0 Å². The number of rotatable bonds is 5. The smallest absolute Gasteiger partial charge is 0.238 e. The predicted molar refractivity (Wildman–Crippen MR) is 121 cm³/mol. The number of aromatic nitrogens is 3. The molecule has 7 heteroatoms. The van der Waals surface area contributed by atoms with Gasteiger partial charge in [-0.05, 0) is 29.8 Å². The first-order valence-electron chi connectivity index (χ1n) is 9.98. The highest BCUT2D eigenvalue weighted by Gasteiger charge is 2.33. The monoisotopic (exact) mass is 428 g/mol. The lowest BCUT2D eigenvalue weighted by atomic mass is 10.0. The van der Waals surface area contributed by atoms with Crippen LogP contribution in [0.2, 0.25) is 0 Å². The Morgan fingerprint density at radius 2 is 1.68 bits per heavy atom. The van der Waals surface area contributed by atoms with Crippen molar-refractivity contribution in [2.45, 2.75) is 11.2 Å². The molecule has 1 amide bonds. The Balaban J connectivity index is 1.41. The van der Waals surface area contributed by atoms with E-state index in [1.54, 1.807) is 6.33 Å². The van der Waals surface area contributed by atoms with Gasteiger partial charge in [0, 0.05) is 5.69 Å². The number of benzene rings is 3. The molecule has 2 heterocycles. The van der Waals surface area contributed by atoms with Crippen molar-refractivity contribution in [3.8, 4) is 11.4 Å². The molecule has 154 valence electrons. The summed E-state index contributed by atoms with van der Waals surface area (Å²) in [5.74, 6) is 0.959. The molecule has 6 nitrogen and oxygen atoms in total. The van der Waals surface area contributed by atoms with Gasteiger partial charge in [0.2, 0.25) is 5.91 Å². The van der Waals surface area contributed by atoms with E-state index in [9.17, 15) is 4.79 Å². The normalized spacial score (nSPS) is 15.2. The van der Waals surface area contributed by atoms with Gasteiger partial charge in [-0.2, -0.15) is 0 Å². The molecule has 0 spiro atoms. The van der Waals surface area contributed by atoms with Crippen LogP contribution in [0.4, 0.5) is 5.69 Å². The van der Waals surface area contributed by atoms with E-state index in [1.165, 1.54) is 11.8 Å². The number of thioether (sulfide) groups is 1. The van der Waals surface area contributed by atoms with E-state index in [-0.39, 0.29) is 17.7 Å². The Hall–Kier alpha value is -3.58. The molecular weight excluding hydrogens is 408 g/mol. The molecule has 0 radical (unpaired) electrons. The number of nitrogens with zero attached hydrogens (tertiary/aromatic N) is 4. The zero-order valence-corrected chi connectivity index (χ0v) is 17.5. The van der Waals surface area contributed by atoms with E-state index in [2.05, 4.69) is 10.2 Å². The molecule has 1 aromatic heterocycles. The van der Waals surface area contributed by atoms with Crippen molar-refractivity contribution in [1.82, 2.24) is 14.8 Å². The summed E-state index contributed by atoms with van der Waals surface area (Å²) < 4.78 is 7.86. The van der Waals surface area contributed by atoms with E-state index in [1.807, 2.05) is 94.4 Å². The fourth-order valence-electron chi connectivity index (χ4n) is 3.70. The molecule has 1 aliphatic rings. The largest absolute Gasteiger partial charge is 0.489 e. The van der Waals surface area contributed by atoms with Crippen LogP contribution >= 0.6 is 11.8 Å². The van der Waals surface area contributed by atoms with Crippen molar-refractivity contribution >= 4 is 23.4 Å². The second-order valence-electron chi connectivity index (χ2n) is 7.08. The number of hydrogen-bond donors (Lipinski definition) is 0. The van der Waals surface area contributed by atoms with Crippen LogP contribution in [0.25, 0.3) is 5.69 Å². The lowest BCUT2D eigenvalue weighted by Crippen LogP contribution is -2.42. The first kappa shape index (κ1) is 19.4. The number of anilines is 1. The molecule has 3 aromatic carbocycles. The van der Waals surface area contributed by atoms with Gasteiger partial charge in [-0.25, -0.2) is 0 Å². The van der Waals surface area contributed by atoms with Crippen molar-refractivity contribution in [2.24, 2.45) is 0 Å². The van der Waals surface area contributed by atoms with Gasteiger partial charge in [0.05, 0.1) is 17.5 Å². The Kier molecular flexibility index (Phi) is 5.41. The van der Waals surface area contributed by atoms with Crippen LogP contribution in [0.5, 0.6) is 5.75 Å². The zero-order chi connectivity index (χ0) is 21.0. The van der Waals surface area contributed by atoms with Crippen LogP contribution in [0.3, 0.4) is 0 Å². The average molecular weight is 429 g/mol. The van der Waals surface area contributed by atoms with E-state index in [4.69, 9.17) is 4.74 Å². The molecule has 0 bridgehead atoms. The highest BCUT2D eigenvalue weighted by Crippen LogP contribution is 2.39. The van der Waals surface area contributed by atoms with Crippen molar-refractivity contribution in [1.29, 1.82) is 0 Å². The van der Waals surface area contributed by atoms with Crippen molar-refractivity contribution in [2.75, 3.05) is 17.3 Å². The number of fused-ring (bicyclic) bond motifs is 1. The number of carbonyl (C=O) groups excluding carboxylic acids is 1. The van der Waals surface area contributed by atoms with E-state index in [0.29, 0.717) is 11.8 Å². The molecule has 0 unspecified atom stereocenters. The minimum Gasteiger partial charge on any atom is -0.489 e. The quantitative estimate of drug-likeness (QED) is 0.437. The fourth-order valence-corrected chi connectivity index (χ4v) is 4.49. The molecular formula is C24H20N4O2S. The topological polar surface area (TPSA) is 60.2 Å². The number of carbonyl (C=O) groups is 1. The SMILES string of the molecule is O=C(CSc1nncn1-c1ccccc1)N1c2ccccc2OC[C@@H]1c1ccccc1. The molecule has 0 fully saturated rings. The highest BCUT2D eigenvalue weighted by atomic mass is 32.2. The van der Waals surface area contributed by atoms with Crippen LogP contribution in [-0.2, 0) is 4.79 Å². The second kappa shape index (κ2) is 8.65. The molecule has 0 N–H and O–H groups in total. The lowest BCUT2D eigenvalue weighted by Gasteiger charge is -2.37. The lowest BCUT2D eigenvalue weighted by molar-refractivity contribution is -0.117. The minimum absolute atomic E-state index is 0.00258. The van der Waals surface area contributed by atoms with Gasteiger partial charge in [0.25, 0.3) is 0 Å². The van der Waals surface area contributed by atoms with E-state index < -0.39 is 0 Å². The molecule has 0 aliphatic carbocycles. The number of amides is 1. The third-order valence-electron chi connectivity index (χ3n) is 5.16. The number of ether oxygens (including phenoxy) is 1. The molecule has 0 saturated carbocycles. The maximum atomic E-state index is 13.5. The Labute approximate surface area is 184 Å². The Morgan fingerprint density at radius 1 is 0.968 bits per heavy atom. The maximum Gasteiger partial charge on any atom is 0.238 e. The fraction of sp³-hybridized carbons (Fsp3) is 0.125. The second-order valence-corrected chi connectivity index (χ2v) is 8.02. The van der Waals surface area contributed by atoms with Crippen LogP contribution in [-0.4, -0.2) is 33.0 Å². The average Bonchev–Trinajstić information content (AvgIpc) is 3.31. The summed E-state index contributed by atoms with van der Waals surface area (Å²) in [7, 11) is 0. The predicted octanol–water partition coefficient (Wildman–Crippen LogP) is 4.53. The van der Waals surface area contributed by atoms with Crippen molar-refractivity contribution < 1.29 is 9.53 Å². The molecule has 4 aromatic rings. The van der Waals surface area contributed by atoms with Crippen LogP contribution in [0, 0.1) is 0 Å². The summed E-state index contributed by atoms with van der Waals surface area (Å²) >= 11 is 1.38. The van der Waals surface area contributed by atoms with Crippen molar-refractivity contribution in [3.05, 3.63) is 96.8 Å². The van der Waals surface area contributed by atoms with Crippen LogP contribution in [0.15, 0.2) is 96.4 Å². The first-order chi connectivity index (χ1) is 15.3.